The van der Waals surface area contributed by atoms with Gasteiger partial charge in [-0.25, -0.2) is 8.42 Å². The summed E-state index contributed by atoms with van der Waals surface area (Å²) in [5, 5.41) is -0.130. The molecular formula is C17H12Cl3F3N2O2S. The van der Waals surface area contributed by atoms with Gasteiger partial charge in [-0.3, -0.25) is 0 Å². The first kappa shape index (κ1) is 21.3. The van der Waals surface area contributed by atoms with E-state index < -0.39 is 33.6 Å². The molecule has 28 heavy (non-hydrogen) atoms. The van der Waals surface area contributed by atoms with Crippen LogP contribution in [0.4, 0.5) is 13.2 Å². The maximum atomic E-state index is 13.6. The van der Waals surface area contributed by atoms with E-state index in [1.807, 2.05) is 0 Å². The lowest BCUT2D eigenvalue weighted by Crippen LogP contribution is -2.46. The summed E-state index contributed by atoms with van der Waals surface area (Å²) in [6, 6.07) is 6.56. The zero-order valence-corrected chi connectivity index (χ0v) is 16.9. The van der Waals surface area contributed by atoms with Gasteiger partial charge in [0.2, 0.25) is 10.0 Å². The summed E-state index contributed by atoms with van der Waals surface area (Å²) in [5.74, 6) is 0. The van der Waals surface area contributed by atoms with Crippen LogP contribution in [-0.4, -0.2) is 25.6 Å². The van der Waals surface area contributed by atoms with Crippen molar-refractivity contribution in [3.8, 4) is 0 Å². The molecule has 1 aromatic heterocycles. The van der Waals surface area contributed by atoms with Crippen molar-refractivity contribution in [2.24, 2.45) is 0 Å². The van der Waals surface area contributed by atoms with Gasteiger partial charge >= 0.3 is 6.18 Å². The number of halogens is 6. The summed E-state index contributed by atoms with van der Waals surface area (Å²) in [7, 11) is -4.68. The van der Waals surface area contributed by atoms with Crippen molar-refractivity contribution in [1.29, 1.82) is 0 Å². The lowest BCUT2D eigenvalue weighted by atomic mass is 10.1. The third-order valence-electron chi connectivity index (χ3n) is 4.02. The first-order valence-electron chi connectivity index (χ1n) is 7.77. The predicted molar refractivity (Wildman–Crippen MR) is 104 cm³/mol. The van der Waals surface area contributed by atoms with Crippen LogP contribution in [0.1, 0.15) is 5.56 Å². The Hall–Kier alpha value is -1.45. The fourth-order valence-electron chi connectivity index (χ4n) is 2.78. The van der Waals surface area contributed by atoms with E-state index in [0.717, 1.165) is 12.1 Å². The zero-order valence-electron chi connectivity index (χ0n) is 13.8. The molecule has 0 aliphatic rings. The van der Waals surface area contributed by atoms with Crippen LogP contribution in [0.3, 0.4) is 0 Å². The van der Waals surface area contributed by atoms with Crippen LogP contribution in [0, 0.1) is 0 Å². The summed E-state index contributed by atoms with van der Waals surface area (Å²) in [6.45, 7) is 0. The molecule has 0 aliphatic heterocycles. The van der Waals surface area contributed by atoms with Crippen molar-refractivity contribution in [3.63, 3.8) is 0 Å². The largest absolute Gasteiger partial charge is 0.405 e. The molecule has 0 spiro atoms. The number of para-hydroxylation sites is 1. The van der Waals surface area contributed by atoms with E-state index >= 15 is 0 Å². The number of H-pyrrole nitrogens is 1. The number of aromatic nitrogens is 1. The molecule has 0 bridgehead atoms. The minimum Gasteiger partial charge on any atom is -0.361 e. The molecule has 1 unspecified atom stereocenters. The molecule has 3 aromatic rings. The molecule has 1 atom stereocenters. The molecule has 0 amide bonds. The molecule has 0 aliphatic carbocycles. The van der Waals surface area contributed by atoms with Crippen molar-refractivity contribution < 1.29 is 21.6 Å². The minimum absolute atomic E-state index is 0.0557. The maximum Gasteiger partial charge on any atom is 0.405 e. The number of fused-ring (bicyclic) bond motifs is 1. The summed E-state index contributed by atoms with van der Waals surface area (Å²) < 4.78 is 67.7. The molecule has 11 heteroatoms. The Kier molecular flexibility index (Phi) is 5.89. The van der Waals surface area contributed by atoms with Gasteiger partial charge in [0.05, 0.1) is 10.0 Å². The topological polar surface area (TPSA) is 62.0 Å². The van der Waals surface area contributed by atoms with Crippen LogP contribution < -0.4 is 4.72 Å². The average molecular weight is 472 g/mol. The number of nitrogens with one attached hydrogen (secondary N) is 2. The molecule has 2 aromatic carbocycles. The SMILES string of the molecule is O=S(=O)(NC(Cc1c[nH]c2ccccc12)C(F)(F)F)c1c(Cl)cc(Cl)cc1Cl. The van der Waals surface area contributed by atoms with Gasteiger partial charge in [-0.2, -0.15) is 17.9 Å². The number of hydrogen-bond donors (Lipinski definition) is 2. The highest BCUT2D eigenvalue weighted by Gasteiger charge is 2.43. The maximum absolute atomic E-state index is 13.6. The van der Waals surface area contributed by atoms with E-state index in [0.29, 0.717) is 16.5 Å². The van der Waals surface area contributed by atoms with Crippen LogP contribution in [-0.2, 0) is 16.4 Å². The molecule has 0 saturated carbocycles. The second kappa shape index (κ2) is 7.76. The van der Waals surface area contributed by atoms with Crippen molar-refractivity contribution >= 4 is 55.7 Å². The second-order valence-electron chi connectivity index (χ2n) is 5.98. The fraction of sp³-hybridized carbons (Fsp3) is 0.176. The van der Waals surface area contributed by atoms with Gasteiger partial charge in [0.25, 0.3) is 0 Å². The highest BCUT2D eigenvalue weighted by molar-refractivity contribution is 7.89. The van der Waals surface area contributed by atoms with Crippen LogP contribution in [0.25, 0.3) is 10.9 Å². The lowest BCUT2D eigenvalue weighted by molar-refractivity contribution is -0.150. The van der Waals surface area contributed by atoms with Crippen molar-refractivity contribution in [3.05, 3.63) is 63.2 Å². The van der Waals surface area contributed by atoms with Crippen LogP contribution in [0.2, 0.25) is 15.1 Å². The van der Waals surface area contributed by atoms with E-state index in [4.69, 9.17) is 34.8 Å². The van der Waals surface area contributed by atoms with Gasteiger partial charge in [0, 0.05) is 22.1 Å². The Balaban J connectivity index is 1.98. The van der Waals surface area contributed by atoms with Crippen LogP contribution in [0.15, 0.2) is 47.5 Å². The number of rotatable bonds is 5. The van der Waals surface area contributed by atoms with Gasteiger partial charge in [0.1, 0.15) is 10.9 Å². The smallest absolute Gasteiger partial charge is 0.361 e. The first-order chi connectivity index (χ1) is 13.0. The molecule has 0 saturated heterocycles. The zero-order chi connectivity index (χ0) is 20.7. The molecular weight excluding hydrogens is 460 g/mol. The van der Waals surface area contributed by atoms with Gasteiger partial charge in [-0.15, -0.1) is 0 Å². The normalized spacial score (nSPS) is 13.8. The Morgan fingerprint density at radius 1 is 1.07 bits per heavy atom. The minimum atomic E-state index is -4.85. The van der Waals surface area contributed by atoms with E-state index in [-0.39, 0.29) is 15.1 Å². The van der Waals surface area contributed by atoms with E-state index in [1.165, 1.54) is 6.20 Å². The number of aromatic amines is 1. The molecule has 0 fully saturated rings. The van der Waals surface area contributed by atoms with E-state index in [2.05, 4.69) is 4.98 Å². The van der Waals surface area contributed by atoms with Crippen molar-refractivity contribution in [2.45, 2.75) is 23.5 Å². The van der Waals surface area contributed by atoms with Gasteiger partial charge in [-0.05, 0) is 30.2 Å². The number of alkyl halides is 3. The molecule has 0 radical (unpaired) electrons. The molecule has 4 nitrogen and oxygen atoms in total. The highest BCUT2D eigenvalue weighted by atomic mass is 35.5. The summed E-state index contributed by atoms with van der Waals surface area (Å²) in [6.07, 6.45) is -4.05. The third-order valence-corrected chi connectivity index (χ3v) is 6.63. The standard InChI is InChI=1S/C17H12Cl3F3N2O2S/c18-10-6-12(19)16(13(20)7-10)28(26,27)25-15(17(21,22)23)5-9-8-24-14-4-2-1-3-11(9)14/h1-4,6-8,15,24-25H,5H2. The molecule has 1 heterocycles. The Morgan fingerprint density at radius 3 is 2.29 bits per heavy atom. The van der Waals surface area contributed by atoms with Crippen LogP contribution in [0.5, 0.6) is 0 Å². The average Bonchev–Trinajstić information content (AvgIpc) is 2.95. The fourth-order valence-corrected chi connectivity index (χ4v) is 5.54. The van der Waals surface area contributed by atoms with Gasteiger partial charge in [-0.1, -0.05) is 53.0 Å². The number of benzene rings is 2. The van der Waals surface area contributed by atoms with Gasteiger partial charge < -0.3 is 4.98 Å². The van der Waals surface area contributed by atoms with Crippen LogP contribution >= 0.6 is 34.8 Å². The quantitative estimate of drug-likeness (QED) is 0.510. The Morgan fingerprint density at radius 2 is 1.68 bits per heavy atom. The van der Waals surface area contributed by atoms with Gasteiger partial charge in [0.15, 0.2) is 0 Å². The summed E-state index contributed by atoms with van der Waals surface area (Å²) >= 11 is 17.5. The third kappa shape index (κ3) is 4.41. The van der Waals surface area contributed by atoms with Crippen molar-refractivity contribution in [1.82, 2.24) is 9.71 Å². The summed E-state index contributed by atoms with van der Waals surface area (Å²) in [5.41, 5.74) is 0.957. The van der Waals surface area contributed by atoms with E-state index in [1.54, 1.807) is 29.0 Å². The molecule has 2 N–H and O–H groups in total. The first-order valence-corrected chi connectivity index (χ1v) is 10.4. The monoisotopic (exact) mass is 470 g/mol. The van der Waals surface area contributed by atoms with Crippen molar-refractivity contribution in [2.75, 3.05) is 0 Å². The lowest BCUT2D eigenvalue weighted by Gasteiger charge is -2.22. The molecule has 3 rings (SSSR count). The Labute approximate surface area is 173 Å². The number of sulfonamides is 1. The van der Waals surface area contributed by atoms with E-state index in [9.17, 15) is 21.6 Å². The Bertz CT molecular complexity index is 1110. The number of hydrogen-bond acceptors (Lipinski definition) is 2. The second-order valence-corrected chi connectivity index (χ2v) is 8.88. The predicted octanol–water partition coefficient (Wildman–Crippen LogP) is 5.58. The summed E-state index contributed by atoms with van der Waals surface area (Å²) in [4.78, 5) is 2.20. The molecule has 150 valence electrons. The highest BCUT2D eigenvalue weighted by Crippen LogP contribution is 2.34.